The van der Waals surface area contributed by atoms with Gasteiger partial charge in [-0.3, -0.25) is 4.90 Å². The molecule has 0 saturated carbocycles. The lowest BCUT2D eigenvalue weighted by Crippen LogP contribution is -2.37. The second-order valence-corrected chi connectivity index (χ2v) is 5.28. The summed E-state index contributed by atoms with van der Waals surface area (Å²) in [6.45, 7) is 3.01. The minimum Gasteiger partial charge on any atom is -0.491 e. The van der Waals surface area contributed by atoms with Gasteiger partial charge in [0.15, 0.2) is 17.4 Å². The summed E-state index contributed by atoms with van der Waals surface area (Å²) in [4.78, 5) is 12.7. The molecule has 0 unspecified atom stereocenters. The van der Waals surface area contributed by atoms with E-state index in [4.69, 9.17) is 4.74 Å². The van der Waals surface area contributed by atoms with Crippen molar-refractivity contribution in [3.05, 3.63) is 28.8 Å². The number of amides is 1. The molecule has 4 nitrogen and oxygen atoms in total. The normalized spacial score (nSPS) is 18.1. The molecule has 1 fully saturated rings. The van der Waals surface area contributed by atoms with Gasteiger partial charge < -0.3 is 9.47 Å². The molecular formula is C14H15F4NO3. The molecule has 0 N–H and O–H groups in total. The molecule has 1 amide bonds. The van der Waals surface area contributed by atoms with Crippen molar-refractivity contribution in [2.45, 2.75) is 26.4 Å². The lowest BCUT2D eigenvalue weighted by Gasteiger charge is -2.25. The summed E-state index contributed by atoms with van der Waals surface area (Å²) in [5, 5.41) is 0. The fourth-order valence-electron chi connectivity index (χ4n) is 2.34. The van der Waals surface area contributed by atoms with Gasteiger partial charge in [0, 0.05) is 5.56 Å². The standard InChI is InChI=1S/C14H15F4NO3/c1-6(2)8-5-22-14(20)19(8)4-7-9(15)11(17)13(21-3)12(18)10(7)16/h6,8H,4-5H2,1-3H3/t8-/m1/s1. The molecule has 122 valence electrons. The van der Waals surface area contributed by atoms with Crippen LogP contribution in [0.2, 0.25) is 0 Å². The fraction of sp³-hybridized carbons (Fsp3) is 0.500. The Hall–Kier alpha value is -1.99. The predicted molar refractivity (Wildman–Crippen MR) is 68.3 cm³/mol. The van der Waals surface area contributed by atoms with E-state index in [2.05, 4.69) is 4.74 Å². The zero-order valence-corrected chi connectivity index (χ0v) is 12.3. The number of ether oxygens (including phenoxy) is 2. The number of carbonyl (C=O) groups excluding carboxylic acids is 1. The number of benzene rings is 1. The minimum atomic E-state index is -1.63. The zero-order valence-electron chi connectivity index (χ0n) is 12.3. The Bertz CT molecular complexity index is 577. The van der Waals surface area contributed by atoms with Gasteiger partial charge in [0.1, 0.15) is 6.61 Å². The molecule has 8 heteroatoms. The largest absolute Gasteiger partial charge is 0.491 e. The van der Waals surface area contributed by atoms with E-state index in [1.165, 1.54) is 0 Å². The Kier molecular flexibility index (Phi) is 4.48. The molecular weight excluding hydrogens is 306 g/mol. The maximum Gasteiger partial charge on any atom is 0.410 e. The number of rotatable bonds is 4. The van der Waals surface area contributed by atoms with Gasteiger partial charge in [-0.05, 0) is 5.92 Å². The van der Waals surface area contributed by atoms with Crippen LogP contribution < -0.4 is 4.74 Å². The van der Waals surface area contributed by atoms with Crippen LogP contribution in [0.15, 0.2) is 0 Å². The SMILES string of the molecule is COc1c(F)c(F)c(CN2C(=O)OC[C@@H]2C(C)C)c(F)c1F. The Morgan fingerprint density at radius 1 is 1.18 bits per heavy atom. The summed E-state index contributed by atoms with van der Waals surface area (Å²) in [6.07, 6.45) is -0.783. The van der Waals surface area contributed by atoms with E-state index in [0.29, 0.717) is 0 Å². The van der Waals surface area contributed by atoms with Crippen LogP contribution in [-0.4, -0.2) is 30.8 Å². The molecule has 2 rings (SSSR count). The lowest BCUT2D eigenvalue weighted by atomic mass is 10.0. The van der Waals surface area contributed by atoms with Crippen molar-refractivity contribution in [3.8, 4) is 5.75 Å². The molecule has 1 heterocycles. The number of hydrogen-bond acceptors (Lipinski definition) is 3. The van der Waals surface area contributed by atoms with Gasteiger partial charge in [-0.1, -0.05) is 13.8 Å². The quantitative estimate of drug-likeness (QED) is 0.631. The smallest absolute Gasteiger partial charge is 0.410 e. The molecule has 0 radical (unpaired) electrons. The predicted octanol–water partition coefficient (Wildman–Crippen LogP) is 3.23. The van der Waals surface area contributed by atoms with E-state index in [0.717, 1.165) is 12.0 Å². The summed E-state index contributed by atoms with van der Waals surface area (Å²) in [5.74, 6) is -7.63. The molecule has 1 aromatic rings. The van der Waals surface area contributed by atoms with Crippen molar-refractivity contribution < 1.29 is 31.8 Å². The Morgan fingerprint density at radius 3 is 2.18 bits per heavy atom. The molecule has 1 aromatic carbocycles. The molecule has 22 heavy (non-hydrogen) atoms. The molecule has 0 bridgehead atoms. The van der Waals surface area contributed by atoms with Crippen molar-refractivity contribution in [2.75, 3.05) is 13.7 Å². The first kappa shape index (κ1) is 16.4. The second kappa shape index (κ2) is 6.02. The first-order valence-corrected chi connectivity index (χ1v) is 6.61. The third-order valence-corrected chi connectivity index (χ3v) is 3.63. The first-order valence-electron chi connectivity index (χ1n) is 6.61. The van der Waals surface area contributed by atoms with Crippen molar-refractivity contribution >= 4 is 6.09 Å². The van der Waals surface area contributed by atoms with Crippen molar-refractivity contribution in [3.63, 3.8) is 0 Å². The summed E-state index contributed by atoms with van der Waals surface area (Å²) >= 11 is 0. The Balaban J connectivity index is 2.43. The molecule has 1 atom stereocenters. The van der Waals surface area contributed by atoms with Gasteiger partial charge in [-0.15, -0.1) is 0 Å². The molecule has 1 aliphatic rings. The number of nitrogens with zero attached hydrogens (tertiary/aromatic N) is 1. The van der Waals surface area contributed by atoms with Gasteiger partial charge in [-0.2, -0.15) is 8.78 Å². The molecule has 1 saturated heterocycles. The van der Waals surface area contributed by atoms with Crippen molar-refractivity contribution in [1.82, 2.24) is 4.90 Å². The summed E-state index contributed by atoms with van der Waals surface area (Å²) in [6, 6.07) is -0.431. The summed E-state index contributed by atoms with van der Waals surface area (Å²) in [7, 11) is 0.896. The third kappa shape index (κ3) is 2.57. The summed E-state index contributed by atoms with van der Waals surface area (Å²) < 4.78 is 64.4. The number of carbonyl (C=O) groups is 1. The maximum atomic E-state index is 14.0. The highest BCUT2D eigenvalue weighted by atomic mass is 19.2. The van der Waals surface area contributed by atoms with Crippen LogP contribution in [0, 0.1) is 29.2 Å². The maximum absolute atomic E-state index is 14.0. The van der Waals surface area contributed by atoms with Crippen LogP contribution in [0.5, 0.6) is 5.75 Å². The molecule has 1 aliphatic heterocycles. The van der Waals surface area contributed by atoms with E-state index in [1.807, 2.05) is 0 Å². The Morgan fingerprint density at radius 2 is 1.73 bits per heavy atom. The molecule has 0 aliphatic carbocycles. The number of hydrogen-bond donors (Lipinski definition) is 0. The van der Waals surface area contributed by atoms with Gasteiger partial charge in [0.05, 0.1) is 19.7 Å². The van der Waals surface area contributed by atoms with Gasteiger partial charge in [-0.25, -0.2) is 13.6 Å². The highest BCUT2D eigenvalue weighted by Gasteiger charge is 2.37. The van der Waals surface area contributed by atoms with Crippen LogP contribution in [0.25, 0.3) is 0 Å². The van der Waals surface area contributed by atoms with E-state index in [1.54, 1.807) is 13.8 Å². The van der Waals surface area contributed by atoms with Crippen LogP contribution in [0.1, 0.15) is 19.4 Å². The van der Waals surface area contributed by atoms with Crippen LogP contribution in [0.4, 0.5) is 22.4 Å². The van der Waals surface area contributed by atoms with Gasteiger partial charge >= 0.3 is 6.09 Å². The van der Waals surface area contributed by atoms with Crippen LogP contribution >= 0.6 is 0 Å². The van der Waals surface area contributed by atoms with Gasteiger partial charge in [0.2, 0.25) is 11.6 Å². The van der Waals surface area contributed by atoms with E-state index in [-0.39, 0.29) is 12.5 Å². The average Bonchev–Trinajstić information content (AvgIpc) is 2.83. The number of halogens is 4. The second-order valence-electron chi connectivity index (χ2n) is 5.28. The monoisotopic (exact) mass is 321 g/mol. The van der Waals surface area contributed by atoms with Crippen molar-refractivity contribution in [1.29, 1.82) is 0 Å². The zero-order chi connectivity index (χ0) is 16.6. The lowest BCUT2D eigenvalue weighted by molar-refractivity contribution is 0.153. The van der Waals surface area contributed by atoms with Gasteiger partial charge in [0.25, 0.3) is 0 Å². The topological polar surface area (TPSA) is 38.8 Å². The minimum absolute atomic E-state index is 0.0504. The van der Waals surface area contributed by atoms with Crippen LogP contribution in [0.3, 0.4) is 0 Å². The van der Waals surface area contributed by atoms with E-state index < -0.39 is 53.3 Å². The average molecular weight is 321 g/mol. The summed E-state index contributed by atoms with van der Waals surface area (Å²) in [5.41, 5.74) is -0.875. The third-order valence-electron chi connectivity index (χ3n) is 3.63. The fourth-order valence-corrected chi connectivity index (χ4v) is 2.34. The van der Waals surface area contributed by atoms with Crippen LogP contribution in [-0.2, 0) is 11.3 Å². The van der Waals surface area contributed by atoms with Crippen molar-refractivity contribution in [2.24, 2.45) is 5.92 Å². The highest BCUT2D eigenvalue weighted by Crippen LogP contribution is 2.32. The first-order chi connectivity index (χ1) is 10.3. The Labute approximate surface area is 124 Å². The van der Waals surface area contributed by atoms with E-state index in [9.17, 15) is 22.4 Å². The number of cyclic esters (lactones) is 1. The molecule has 0 aromatic heterocycles. The molecule has 0 spiro atoms. The van der Waals surface area contributed by atoms with E-state index >= 15 is 0 Å². The highest BCUT2D eigenvalue weighted by molar-refractivity contribution is 5.70. The number of methoxy groups -OCH3 is 1.